The number of benzene rings is 1. The molecule has 0 bridgehead atoms. The third kappa shape index (κ3) is 3.85. The van der Waals surface area contributed by atoms with Gasteiger partial charge in [-0.05, 0) is 30.5 Å². The summed E-state index contributed by atoms with van der Waals surface area (Å²) < 4.78 is 4.83. The maximum atomic E-state index is 12.0. The molecule has 0 saturated heterocycles. The highest BCUT2D eigenvalue weighted by atomic mass is 35.5. The molecule has 0 aliphatic heterocycles. The molecule has 1 aromatic heterocycles. The summed E-state index contributed by atoms with van der Waals surface area (Å²) in [6, 6.07) is 7.98. The highest BCUT2D eigenvalue weighted by Gasteiger charge is 2.20. The number of carbonyl (C=O) groups is 2. The molecule has 22 heavy (non-hydrogen) atoms. The lowest BCUT2D eigenvalue weighted by molar-refractivity contribution is -0.127. The first-order valence-electron chi connectivity index (χ1n) is 6.73. The van der Waals surface area contributed by atoms with E-state index in [1.807, 2.05) is 6.07 Å². The van der Waals surface area contributed by atoms with Crippen molar-refractivity contribution < 1.29 is 14.1 Å². The Morgan fingerprint density at radius 1 is 1.36 bits per heavy atom. The summed E-state index contributed by atoms with van der Waals surface area (Å²) in [6.45, 7) is 1.75. The molecule has 2 rings (SSSR count). The second-order valence-electron chi connectivity index (χ2n) is 4.83. The minimum absolute atomic E-state index is 0.151. The van der Waals surface area contributed by atoms with Gasteiger partial charge in [-0.1, -0.05) is 35.5 Å². The van der Waals surface area contributed by atoms with Crippen molar-refractivity contribution in [3.8, 4) is 0 Å². The minimum atomic E-state index is -0.854. The molecule has 0 aliphatic carbocycles. The van der Waals surface area contributed by atoms with Crippen LogP contribution in [-0.4, -0.2) is 17.0 Å². The highest BCUT2D eigenvalue weighted by Crippen LogP contribution is 2.20. The number of hydrogen-bond donors (Lipinski definition) is 2. The number of nitrogens with one attached hydrogen (secondary N) is 1. The average molecular weight is 322 g/mol. The summed E-state index contributed by atoms with van der Waals surface area (Å²) in [4.78, 5) is 23.6. The topological polar surface area (TPSA) is 98.2 Å². The number of amides is 2. The van der Waals surface area contributed by atoms with Crippen LogP contribution in [0.15, 0.2) is 34.9 Å². The molecule has 1 atom stereocenters. The van der Waals surface area contributed by atoms with E-state index in [2.05, 4.69) is 10.5 Å². The third-order valence-corrected chi connectivity index (χ3v) is 3.56. The second kappa shape index (κ2) is 7.09. The van der Waals surface area contributed by atoms with Crippen LogP contribution < -0.4 is 11.1 Å². The van der Waals surface area contributed by atoms with Crippen LogP contribution in [0.2, 0.25) is 5.22 Å². The van der Waals surface area contributed by atoms with Gasteiger partial charge in [-0.25, -0.2) is 0 Å². The van der Waals surface area contributed by atoms with Crippen LogP contribution in [0.3, 0.4) is 0 Å². The summed E-state index contributed by atoms with van der Waals surface area (Å²) in [5, 5.41) is 6.52. The Morgan fingerprint density at radius 2 is 2.05 bits per heavy atom. The smallest absolute Gasteiger partial charge is 0.244 e. The van der Waals surface area contributed by atoms with Gasteiger partial charge in [0.25, 0.3) is 0 Å². The molecule has 0 saturated carbocycles. The van der Waals surface area contributed by atoms with Crippen molar-refractivity contribution in [1.82, 2.24) is 10.5 Å². The van der Waals surface area contributed by atoms with Crippen molar-refractivity contribution in [2.45, 2.75) is 25.8 Å². The first-order valence-corrected chi connectivity index (χ1v) is 7.11. The zero-order valence-electron chi connectivity index (χ0n) is 12.0. The molecule has 3 N–H and O–H groups in total. The van der Waals surface area contributed by atoms with Crippen molar-refractivity contribution in [3.63, 3.8) is 0 Å². The first kappa shape index (κ1) is 16.0. The average Bonchev–Trinajstić information content (AvgIpc) is 2.82. The van der Waals surface area contributed by atoms with Gasteiger partial charge < -0.3 is 15.6 Å². The molecule has 1 aromatic carbocycles. The Bertz CT molecular complexity index is 650. The quantitative estimate of drug-likeness (QED) is 0.849. The Kier molecular flexibility index (Phi) is 5.16. The number of nitrogens with zero attached hydrogens (tertiary/aromatic N) is 1. The molecule has 2 amide bonds. The van der Waals surface area contributed by atoms with Gasteiger partial charge in [-0.2, -0.15) is 0 Å². The summed E-state index contributed by atoms with van der Waals surface area (Å²) in [5.41, 5.74) is 7.33. The maximum absolute atomic E-state index is 12.0. The molecule has 116 valence electrons. The van der Waals surface area contributed by atoms with Crippen LogP contribution in [0.5, 0.6) is 0 Å². The molecule has 0 radical (unpaired) electrons. The second-order valence-corrected chi connectivity index (χ2v) is 5.18. The van der Waals surface area contributed by atoms with E-state index in [0.29, 0.717) is 23.2 Å². The Labute approximate surface area is 132 Å². The van der Waals surface area contributed by atoms with E-state index in [4.69, 9.17) is 21.9 Å². The summed E-state index contributed by atoms with van der Waals surface area (Å²) in [6.07, 6.45) is 0.526. The molecule has 0 unspecified atom stereocenters. The van der Waals surface area contributed by atoms with Crippen molar-refractivity contribution >= 4 is 23.4 Å². The van der Waals surface area contributed by atoms with Gasteiger partial charge in [-0.15, -0.1) is 0 Å². The molecule has 1 heterocycles. The Morgan fingerprint density at radius 3 is 2.59 bits per heavy atom. The molecule has 2 aromatic rings. The monoisotopic (exact) mass is 321 g/mol. The SMILES string of the molecule is Cc1noc(Cl)c1CCC(=O)N[C@H](C(N)=O)c1ccccc1. The number of rotatable bonds is 6. The fourth-order valence-electron chi connectivity index (χ4n) is 2.08. The molecule has 7 heteroatoms. The lowest BCUT2D eigenvalue weighted by atomic mass is 10.1. The fourth-order valence-corrected chi connectivity index (χ4v) is 2.34. The van der Waals surface area contributed by atoms with Crippen LogP contribution in [0.25, 0.3) is 0 Å². The Hall–Kier alpha value is -2.34. The number of halogens is 1. The molecular weight excluding hydrogens is 306 g/mol. The normalized spacial score (nSPS) is 11.9. The van der Waals surface area contributed by atoms with E-state index in [0.717, 1.165) is 0 Å². The van der Waals surface area contributed by atoms with Crippen LogP contribution in [0.1, 0.15) is 29.3 Å². The number of nitrogens with two attached hydrogens (primary N) is 1. The van der Waals surface area contributed by atoms with Crippen molar-refractivity contribution in [3.05, 3.63) is 52.4 Å². The lowest BCUT2D eigenvalue weighted by Crippen LogP contribution is -2.37. The van der Waals surface area contributed by atoms with Gasteiger partial charge in [0.2, 0.25) is 17.0 Å². The van der Waals surface area contributed by atoms with Crippen LogP contribution in [-0.2, 0) is 16.0 Å². The third-order valence-electron chi connectivity index (χ3n) is 3.26. The number of hydrogen-bond acceptors (Lipinski definition) is 4. The standard InChI is InChI=1S/C15H16ClN3O3/c1-9-11(14(16)22-19-9)7-8-12(20)18-13(15(17)21)10-5-3-2-4-6-10/h2-6,13H,7-8H2,1H3,(H2,17,21)(H,18,20)/t13-/m0/s1. The summed E-state index contributed by atoms with van der Waals surface area (Å²) in [5.74, 6) is -0.914. The van der Waals surface area contributed by atoms with E-state index in [1.165, 1.54) is 0 Å². The number of aryl methyl sites for hydroxylation is 1. The summed E-state index contributed by atoms with van der Waals surface area (Å²) >= 11 is 5.85. The van der Waals surface area contributed by atoms with Crippen LogP contribution in [0.4, 0.5) is 0 Å². The maximum Gasteiger partial charge on any atom is 0.244 e. The predicted molar refractivity (Wildman–Crippen MR) is 81.1 cm³/mol. The van der Waals surface area contributed by atoms with Crippen molar-refractivity contribution in [1.29, 1.82) is 0 Å². The van der Waals surface area contributed by atoms with Gasteiger partial charge in [-0.3, -0.25) is 9.59 Å². The minimum Gasteiger partial charge on any atom is -0.368 e. The zero-order chi connectivity index (χ0) is 16.1. The lowest BCUT2D eigenvalue weighted by Gasteiger charge is -2.15. The van der Waals surface area contributed by atoms with Crippen molar-refractivity contribution in [2.75, 3.05) is 0 Å². The molecule has 0 aliphatic rings. The molecule has 6 nitrogen and oxygen atoms in total. The fraction of sp³-hybridized carbons (Fsp3) is 0.267. The molecule has 0 spiro atoms. The number of primary amides is 1. The number of carbonyl (C=O) groups excluding carboxylic acids is 2. The number of aromatic nitrogens is 1. The molecule has 0 fully saturated rings. The highest BCUT2D eigenvalue weighted by molar-refractivity contribution is 6.29. The van der Waals surface area contributed by atoms with Gasteiger partial charge in [0, 0.05) is 12.0 Å². The van der Waals surface area contributed by atoms with Crippen LogP contribution >= 0.6 is 11.6 Å². The Balaban J connectivity index is 1.99. The summed E-state index contributed by atoms with van der Waals surface area (Å²) in [7, 11) is 0. The predicted octanol–water partition coefficient (Wildman–Crippen LogP) is 1.91. The first-order chi connectivity index (χ1) is 10.5. The largest absolute Gasteiger partial charge is 0.368 e. The van der Waals surface area contributed by atoms with Gasteiger partial charge in [0.05, 0.1) is 5.69 Å². The van der Waals surface area contributed by atoms with E-state index in [-0.39, 0.29) is 17.5 Å². The van der Waals surface area contributed by atoms with Crippen molar-refractivity contribution in [2.24, 2.45) is 5.73 Å². The van der Waals surface area contributed by atoms with Gasteiger partial charge >= 0.3 is 0 Å². The zero-order valence-corrected chi connectivity index (χ0v) is 12.8. The van der Waals surface area contributed by atoms with Gasteiger partial charge in [0.1, 0.15) is 6.04 Å². The van der Waals surface area contributed by atoms with Crippen LogP contribution in [0, 0.1) is 6.92 Å². The van der Waals surface area contributed by atoms with E-state index < -0.39 is 11.9 Å². The molecular formula is C15H16ClN3O3. The van der Waals surface area contributed by atoms with E-state index >= 15 is 0 Å². The van der Waals surface area contributed by atoms with Gasteiger partial charge in [0.15, 0.2) is 0 Å². The van der Waals surface area contributed by atoms with E-state index in [1.54, 1.807) is 31.2 Å². The van der Waals surface area contributed by atoms with E-state index in [9.17, 15) is 9.59 Å².